The van der Waals surface area contributed by atoms with Crippen LogP contribution in [0.25, 0.3) is 0 Å². The molecule has 14 heavy (non-hydrogen) atoms. The van der Waals surface area contributed by atoms with Gasteiger partial charge in [-0.15, -0.1) is 0 Å². The minimum absolute atomic E-state index is 0.262. The van der Waals surface area contributed by atoms with E-state index in [0.717, 1.165) is 19.4 Å². The molecule has 0 bridgehead atoms. The van der Waals surface area contributed by atoms with E-state index in [4.69, 9.17) is 15.2 Å². The lowest BCUT2D eigenvalue weighted by molar-refractivity contribution is 0.117. The Hall–Kier alpha value is -0.810. The molecule has 0 radical (unpaired) electrons. The molecule has 0 saturated carbocycles. The standard InChI is InChI=1S/C9H19N3O2/c1-13-6-4-11-9(10)12-7-8-3-2-5-14-8/h8H,2-7H2,1H3,(H3,10,11,12). The summed E-state index contributed by atoms with van der Waals surface area (Å²) in [4.78, 5) is 4.18. The zero-order chi connectivity index (χ0) is 10.2. The van der Waals surface area contributed by atoms with Crippen LogP contribution < -0.4 is 11.1 Å². The molecule has 1 aliphatic heterocycles. The van der Waals surface area contributed by atoms with Gasteiger partial charge in [-0.1, -0.05) is 0 Å². The fraction of sp³-hybridized carbons (Fsp3) is 0.889. The lowest BCUT2D eigenvalue weighted by Crippen LogP contribution is -2.34. The van der Waals surface area contributed by atoms with Gasteiger partial charge in [-0.05, 0) is 12.8 Å². The van der Waals surface area contributed by atoms with Crippen molar-refractivity contribution in [2.45, 2.75) is 18.9 Å². The third-order valence-electron chi connectivity index (χ3n) is 2.10. The monoisotopic (exact) mass is 201 g/mol. The lowest BCUT2D eigenvalue weighted by atomic mass is 10.2. The topological polar surface area (TPSA) is 68.9 Å². The van der Waals surface area contributed by atoms with Gasteiger partial charge in [0.25, 0.3) is 0 Å². The highest BCUT2D eigenvalue weighted by Crippen LogP contribution is 2.11. The third-order valence-corrected chi connectivity index (χ3v) is 2.10. The van der Waals surface area contributed by atoms with Crippen LogP contribution in [0.2, 0.25) is 0 Å². The summed E-state index contributed by atoms with van der Waals surface area (Å²) in [6, 6.07) is 0. The Balaban J connectivity index is 2.08. The number of guanidine groups is 1. The number of hydrogen-bond donors (Lipinski definition) is 2. The summed E-state index contributed by atoms with van der Waals surface area (Å²) in [6.07, 6.45) is 2.49. The molecular weight excluding hydrogens is 182 g/mol. The molecule has 5 heteroatoms. The second kappa shape index (κ2) is 6.62. The van der Waals surface area contributed by atoms with Gasteiger partial charge in [0.15, 0.2) is 5.96 Å². The molecule has 1 heterocycles. The van der Waals surface area contributed by atoms with E-state index in [0.29, 0.717) is 25.7 Å². The zero-order valence-electron chi connectivity index (χ0n) is 8.66. The van der Waals surface area contributed by atoms with Crippen LogP contribution in [0.15, 0.2) is 4.99 Å². The van der Waals surface area contributed by atoms with Crippen molar-refractivity contribution in [3.05, 3.63) is 0 Å². The van der Waals surface area contributed by atoms with E-state index in [-0.39, 0.29) is 6.10 Å². The average Bonchev–Trinajstić information content (AvgIpc) is 2.68. The molecule has 1 unspecified atom stereocenters. The molecule has 1 aliphatic rings. The maximum absolute atomic E-state index is 5.62. The van der Waals surface area contributed by atoms with Gasteiger partial charge in [0.05, 0.1) is 19.3 Å². The molecule has 82 valence electrons. The minimum Gasteiger partial charge on any atom is -0.383 e. The molecule has 0 amide bonds. The Morgan fingerprint density at radius 3 is 3.21 bits per heavy atom. The van der Waals surface area contributed by atoms with Crippen molar-refractivity contribution in [3.8, 4) is 0 Å². The van der Waals surface area contributed by atoms with Crippen molar-refractivity contribution in [1.29, 1.82) is 0 Å². The predicted molar refractivity (Wildman–Crippen MR) is 55.3 cm³/mol. The number of methoxy groups -OCH3 is 1. The molecule has 0 spiro atoms. The first-order valence-electron chi connectivity index (χ1n) is 4.97. The van der Waals surface area contributed by atoms with Crippen molar-refractivity contribution >= 4 is 5.96 Å². The molecule has 1 atom stereocenters. The van der Waals surface area contributed by atoms with E-state index >= 15 is 0 Å². The maximum atomic E-state index is 5.62. The Bertz CT molecular complexity index is 179. The molecule has 5 nitrogen and oxygen atoms in total. The normalized spacial score (nSPS) is 22.6. The van der Waals surface area contributed by atoms with Crippen molar-refractivity contribution in [2.75, 3.05) is 33.4 Å². The van der Waals surface area contributed by atoms with Gasteiger partial charge in [0.2, 0.25) is 0 Å². The molecule has 0 aromatic carbocycles. The van der Waals surface area contributed by atoms with Crippen molar-refractivity contribution in [1.82, 2.24) is 5.32 Å². The largest absolute Gasteiger partial charge is 0.383 e. The predicted octanol–water partition coefficient (Wildman–Crippen LogP) is -0.284. The Morgan fingerprint density at radius 2 is 2.57 bits per heavy atom. The van der Waals surface area contributed by atoms with Crippen LogP contribution in [0, 0.1) is 0 Å². The van der Waals surface area contributed by atoms with E-state index in [2.05, 4.69) is 10.3 Å². The fourth-order valence-corrected chi connectivity index (χ4v) is 1.33. The summed E-state index contributed by atoms with van der Waals surface area (Å²) in [5.74, 6) is 0.470. The van der Waals surface area contributed by atoms with Crippen LogP contribution in [0.4, 0.5) is 0 Å². The summed E-state index contributed by atoms with van der Waals surface area (Å²) in [6.45, 7) is 2.84. The quantitative estimate of drug-likeness (QED) is 0.364. The molecule has 0 aliphatic carbocycles. The van der Waals surface area contributed by atoms with Crippen LogP contribution >= 0.6 is 0 Å². The fourth-order valence-electron chi connectivity index (χ4n) is 1.33. The number of nitrogens with two attached hydrogens (primary N) is 1. The molecule has 3 N–H and O–H groups in total. The number of rotatable bonds is 5. The van der Waals surface area contributed by atoms with Gasteiger partial charge in [-0.2, -0.15) is 0 Å². The summed E-state index contributed by atoms with van der Waals surface area (Å²) >= 11 is 0. The molecule has 1 saturated heterocycles. The van der Waals surface area contributed by atoms with Crippen LogP contribution in [-0.4, -0.2) is 45.5 Å². The van der Waals surface area contributed by atoms with Gasteiger partial charge in [-0.25, -0.2) is 0 Å². The highest BCUT2D eigenvalue weighted by Gasteiger charge is 2.14. The van der Waals surface area contributed by atoms with Gasteiger partial charge in [0, 0.05) is 20.3 Å². The highest BCUT2D eigenvalue weighted by atomic mass is 16.5. The van der Waals surface area contributed by atoms with Crippen LogP contribution in [0.1, 0.15) is 12.8 Å². The molecule has 0 aromatic rings. The van der Waals surface area contributed by atoms with E-state index in [1.165, 1.54) is 0 Å². The molecular formula is C9H19N3O2. The number of hydrogen-bond acceptors (Lipinski definition) is 3. The molecule has 1 fully saturated rings. The second-order valence-corrected chi connectivity index (χ2v) is 3.28. The maximum Gasteiger partial charge on any atom is 0.188 e. The number of aliphatic imine (C=N–C) groups is 1. The van der Waals surface area contributed by atoms with E-state index in [9.17, 15) is 0 Å². The Kier molecular flexibility index (Phi) is 5.32. The first-order chi connectivity index (χ1) is 6.83. The van der Waals surface area contributed by atoms with Crippen molar-refractivity contribution < 1.29 is 9.47 Å². The number of nitrogens with zero attached hydrogens (tertiary/aromatic N) is 1. The smallest absolute Gasteiger partial charge is 0.188 e. The number of nitrogens with one attached hydrogen (secondary N) is 1. The number of ether oxygens (including phenoxy) is 2. The Labute approximate surface area is 84.7 Å². The summed E-state index contributed by atoms with van der Waals surface area (Å²) < 4.78 is 10.3. The third kappa shape index (κ3) is 4.43. The van der Waals surface area contributed by atoms with E-state index in [1.54, 1.807) is 7.11 Å². The van der Waals surface area contributed by atoms with Gasteiger partial charge >= 0.3 is 0 Å². The van der Waals surface area contributed by atoms with E-state index < -0.39 is 0 Å². The second-order valence-electron chi connectivity index (χ2n) is 3.28. The summed E-state index contributed by atoms with van der Waals surface area (Å²) in [5, 5.41) is 2.95. The molecule has 0 aromatic heterocycles. The van der Waals surface area contributed by atoms with Crippen LogP contribution in [-0.2, 0) is 9.47 Å². The zero-order valence-corrected chi connectivity index (χ0v) is 8.66. The van der Waals surface area contributed by atoms with Gasteiger partial charge < -0.3 is 20.5 Å². The molecule has 1 rings (SSSR count). The summed E-state index contributed by atoms with van der Waals surface area (Å²) in [7, 11) is 1.65. The minimum atomic E-state index is 0.262. The first-order valence-corrected chi connectivity index (χ1v) is 4.97. The lowest BCUT2D eigenvalue weighted by Gasteiger charge is -2.07. The highest BCUT2D eigenvalue weighted by molar-refractivity contribution is 5.77. The van der Waals surface area contributed by atoms with Gasteiger partial charge in [-0.3, -0.25) is 4.99 Å². The summed E-state index contributed by atoms with van der Waals surface area (Å²) in [5.41, 5.74) is 5.62. The van der Waals surface area contributed by atoms with Crippen molar-refractivity contribution in [3.63, 3.8) is 0 Å². The average molecular weight is 201 g/mol. The van der Waals surface area contributed by atoms with Crippen LogP contribution in [0.5, 0.6) is 0 Å². The van der Waals surface area contributed by atoms with E-state index in [1.807, 2.05) is 0 Å². The Morgan fingerprint density at radius 1 is 1.71 bits per heavy atom. The SMILES string of the molecule is COCCNC(N)=NCC1CCCO1. The van der Waals surface area contributed by atoms with Gasteiger partial charge in [0.1, 0.15) is 0 Å². The van der Waals surface area contributed by atoms with Crippen molar-refractivity contribution in [2.24, 2.45) is 10.7 Å². The first kappa shape index (κ1) is 11.3. The van der Waals surface area contributed by atoms with Crippen LogP contribution in [0.3, 0.4) is 0 Å².